The first-order valence-corrected chi connectivity index (χ1v) is 9.12. The van der Waals surface area contributed by atoms with Crippen molar-refractivity contribution in [3.8, 4) is 0 Å². The number of ether oxygens (including phenoxy) is 1. The molecule has 0 aliphatic heterocycles. The van der Waals surface area contributed by atoms with E-state index in [0.29, 0.717) is 34.7 Å². The number of hydrogen-bond acceptors (Lipinski definition) is 7. The van der Waals surface area contributed by atoms with E-state index in [-0.39, 0.29) is 17.9 Å². The van der Waals surface area contributed by atoms with Crippen molar-refractivity contribution in [1.82, 2.24) is 24.1 Å². The highest BCUT2D eigenvalue weighted by Crippen LogP contribution is 2.20. The van der Waals surface area contributed by atoms with Crippen molar-refractivity contribution >= 4 is 23.4 Å². The summed E-state index contributed by atoms with van der Waals surface area (Å²) in [6.07, 6.45) is 1.78. The van der Waals surface area contributed by atoms with Crippen LogP contribution >= 0.6 is 11.8 Å². The molecule has 0 aromatic carbocycles. The molecule has 0 aliphatic rings. The van der Waals surface area contributed by atoms with Crippen LogP contribution in [0.25, 0.3) is 5.65 Å². The van der Waals surface area contributed by atoms with Gasteiger partial charge in [-0.3, -0.25) is 14.0 Å². The van der Waals surface area contributed by atoms with Gasteiger partial charge < -0.3 is 9.30 Å². The summed E-state index contributed by atoms with van der Waals surface area (Å²) in [5.41, 5.74) is 2.14. The fourth-order valence-corrected chi connectivity index (χ4v) is 3.31. The Morgan fingerprint density at radius 1 is 1.35 bits per heavy atom. The maximum atomic E-state index is 12.2. The zero-order chi connectivity index (χ0) is 18.7. The largest absolute Gasteiger partial charge is 0.466 e. The average Bonchev–Trinajstić information content (AvgIpc) is 2.94. The van der Waals surface area contributed by atoms with E-state index in [2.05, 4.69) is 15.2 Å². The summed E-state index contributed by atoms with van der Waals surface area (Å²) in [7, 11) is 1.80. The van der Waals surface area contributed by atoms with E-state index < -0.39 is 0 Å². The van der Waals surface area contributed by atoms with Crippen molar-refractivity contribution in [3.63, 3.8) is 0 Å². The molecule has 26 heavy (non-hydrogen) atoms. The van der Waals surface area contributed by atoms with Gasteiger partial charge in [-0.1, -0.05) is 17.8 Å². The monoisotopic (exact) mass is 373 g/mol. The highest BCUT2D eigenvalue weighted by Gasteiger charge is 2.14. The van der Waals surface area contributed by atoms with Gasteiger partial charge in [-0.2, -0.15) is 0 Å². The predicted molar refractivity (Wildman–Crippen MR) is 97.1 cm³/mol. The summed E-state index contributed by atoms with van der Waals surface area (Å²) in [6, 6.07) is 5.27. The van der Waals surface area contributed by atoms with Gasteiger partial charge in [0.1, 0.15) is 17.9 Å². The first-order valence-electron chi connectivity index (χ1n) is 8.14. The molecule has 0 atom stereocenters. The molecule has 0 fully saturated rings. The van der Waals surface area contributed by atoms with Gasteiger partial charge in [0.2, 0.25) is 0 Å². The van der Waals surface area contributed by atoms with E-state index in [1.165, 1.54) is 22.2 Å². The van der Waals surface area contributed by atoms with Crippen LogP contribution in [0.1, 0.15) is 24.0 Å². The van der Waals surface area contributed by atoms with Crippen molar-refractivity contribution < 1.29 is 9.53 Å². The minimum absolute atomic E-state index is 0.0761. The Morgan fingerprint density at radius 3 is 2.92 bits per heavy atom. The first-order chi connectivity index (χ1) is 12.5. The number of nitrogens with zero attached hydrogens (tertiary/aromatic N) is 5. The van der Waals surface area contributed by atoms with Gasteiger partial charge in [0, 0.05) is 25.1 Å². The highest BCUT2D eigenvalue weighted by molar-refractivity contribution is 7.98. The molecule has 136 valence electrons. The number of carbonyl (C=O) groups is 1. The Labute approximate surface area is 154 Å². The minimum atomic E-state index is -0.334. The summed E-state index contributed by atoms with van der Waals surface area (Å²) in [5.74, 6) is 0.679. The summed E-state index contributed by atoms with van der Waals surface area (Å²) in [6.45, 7) is 4.01. The van der Waals surface area contributed by atoms with Crippen molar-refractivity contribution in [2.45, 2.75) is 31.2 Å². The molecule has 0 unspecified atom stereocenters. The van der Waals surface area contributed by atoms with Crippen LogP contribution in [0, 0.1) is 6.92 Å². The van der Waals surface area contributed by atoms with Gasteiger partial charge >= 0.3 is 5.97 Å². The Balaban J connectivity index is 1.76. The lowest BCUT2D eigenvalue weighted by molar-refractivity contribution is -0.142. The van der Waals surface area contributed by atoms with Crippen molar-refractivity contribution in [3.05, 3.63) is 51.8 Å². The lowest BCUT2D eigenvalue weighted by atomic mass is 10.3. The molecule has 3 aromatic heterocycles. The topological polar surface area (TPSA) is 91.4 Å². The lowest BCUT2D eigenvalue weighted by Gasteiger charge is -2.06. The molecular weight excluding hydrogens is 354 g/mol. The van der Waals surface area contributed by atoms with Crippen LogP contribution in [0.15, 0.2) is 34.3 Å². The molecule has 0 saturated heterocycles. The van der Waals surface area contributed by atoms with Gasteiger partial charge in [0.25, 0.3) is 5.56 Å². The SMILES string of the molecule is CCOC(=O)Cc1nnc(SCc2cc(=O)n3cccc(C)c3n2)n1C. The maximum Gasteiger partial charge on any atom is 0.313 e. The van der Waals surface area contributed by atoms with Crippen LogP contribution in [0.5, 0.6) is 0 Å². The van der Waals surface area contributed by atoms with Crippen LogP contribution in [-0.4, -0.2) is 36.7 Å². The predicted octanol–water partition coefficient (Wildman–Crippen LogP) is 1.53. The third-order valence-electron chi connectivity index (χ3n) is 3.82. The molecular formula is C17H19N5O3S. The molecule has 0 saturated carbocycles. The van der Waals surface area contributed by atoms with Crippen LogP contribution in [0.3, 0.4) is 0 Å². The number of aromatic nitrogens is 5. The van der Waals surface area contributed by atoms with Crippen LogP contribution in [0.2, 0.25) is 0 Å². The maximum absolute atomic E-state index is 12.2. The van der Waals surface area contributed by atoms with Gasteiger partial charge in [-0.25, -0.2) is 4.98 Å². The molecule has 0 bridgehead atoms. The molecule has 8 nitrogen and oxygen atoms in total. The summed E-state index contributed by atoms with van der Waals surface area (Å²) in [5, 5.41) is 8.79. The van der Waals surface area contributed by atoms with Gasteiger partial charge in [0.05, 0.1) is 12.3 Å². The molecule has 3 heterocycles. The molecule has 3 aromatic rings. The molecule has 9 heteroatoms. The van der Waals surface area contributed by atoms with Crippen molar-refractivity contribution in [2.75, 3.05) is 6.61 Å². The number of hydrogen-bond donors (Lipinski definition) is 0. The van der Waals surface area contributed by atoms with E-state index in [1.807, 2.05) is 19.1 Å². The minimum Gasteiger partial charge on any atom is -0.466 e. The van der Waals surface area contributed by atoms with E-state index in [1.54, 1.807) is 24.7 Å². The zero-order valence-electron chi connectivity index (χ0n) is 14.8. The summed E-state index contributed by atoms with van der Waals surface area (Å²) < 4.78 is 8.21. The average molecular weight is 373 g/mol. The molecule has 0 aliphatic carbocycles. The number of carbonyl (C=O) groups excluding carboxylic acids is 1. The van der Waals surface area contributed by atoms with Crippen LogP contribution in [0.4, 0.5) is 0 Å². The van der Waals surface area contributed by atoms with Gasteiger partial charge in [-0.15, -0.1) is 10.2 Å². The Morgan fingerprint density at radius 2 is 2.15 bits per heavy atom. The quantitative estimate of drug-likeness (QED) is 0.478. The van der Waals surface area contributed by atoms with E-state index in [0.717, 1.165) is 5.56 Å². The number of fused-ring (bicyclic) bond motifs is 1. The van der Waals surface area contributed by atoms with Gasteiger partial charge in [0.15, 0.2) is 5.16 Å². The molecule has 0 N–H and O–H groups in total. The van der Waals surface area contributed by atoms with Crippen molar-refractivity contribution in [2.24, 2.45) is 7.05 Å². The lowest BCUT2D eigenvalue weighted by Crippen LogP contribution is -2.15. The normalized spacial score (nSPS) is 11.0. The fourth-order valence-electron chi connectivity index (χ4n) is 2.49. The van der Waals surface area contributed by atoms with E-state index in [9.17, 15) is 9.59 Å². The summed E-state index contributed by atoms with van der Waals surface area (Å²) in [4.78, 5) is 28.4. The smallest absolute Gasteiger partial charge is 0.313 e. The van der Waals surface area contributed by atoms with Gasteiger partial charge in [-0.05, 0) is 25.5 Å². The Bertz CT molecular complexity index is 1010. The number of aryl methyl sites for hydroxylation is 1. The Kier molecular flexibility index (Phi) is 5.36. The molecule has 0 amide bonds. The fraction of sp³-hybridized carbons (Fsp3) is 0.353. The molecule has 0 spiro atoms. The van der Waals surface area contributed by atoms with E-state index in [4.69, 9.17) is 4.74 Å². The van der Waals surface area contributed by atoms with Crippen molar-refractivity contribution in [1.29, 1.82) is 0 Å². The zero-order valence-corrected chi connectivity index (χ0v) is 15.6. The second-order valence-corrected chi connectivity index (χ2v) is 6.64. The second kappa shape index (κ2) is 7.69. The van der Waals surface area contributed by atoms with Crippen LogP contribution < -0.4 is 5.56 Å². The van der Waals surface area contributed by atoms with E-state index >= 15 is 0 Å². The number of esters is 1. The molecule has 3 rings (SSSR count). The summed E-state index contributed by atoms with van der Waals surface area (Å²) >= 11 is 1.41. The standard InChI is InChI=1S/C17H19N5O3S/c1-4-25-15(24)9-13-19-20-17(21(13)3)26-10-12-8-14(23)22-7-5-6-11(2)16(22)18-12/h5-8H,4,9-10H2,1-3H3. The third kappa shape index (κ3) is 3.77. The molecule has 0 radical (unpaired) electrons. The Hall–Kier alpha value is -2.68. The first kappa shape index (κ1) is 18.1. The van der Waals surface area contributed by atoms with Crippen LogP contribution in [-0.2, 0) is 28.8 Å². The number of pyridine rings is 1. The number of rotatable bonds is 6. The highest BCUT2D eigenvalue weighted by atomic mass is 32.2. The third-order valence-corrected chi connectivity index (χ3v) is 4.88. The number of thioether (sulfide) groups is 1. The second-order valence-electron chi connectivity index (χ2n) is 5.70.